The molecule has 1 amide bonds. The molecule has 1 atom stereocenters. The summed E-state index contributed by atoms with van der Waals surface area (Å²) in [6.45, 7) is 2.57. The third kappa shape index (κ3) is 3.53. The molecule has 2 heterocycles. The molecule has 4 heteroatoms. The molecule has 2 rings (SSSR count). The number of aromatic nitrogens is 1. The first-order valence-corrected chi connectivity index (χ1v) is 6.52. The van der Waals surface area contributed by atoms with Crippen LogP contribution < -0.4 is 0 Å². The van der Waals surface area contributed by atoms with Crippen molar-refractivity contribution in [1.29, 1.82) is 0 Å². The van der Waals surface area contributed by atoms with Crippen molar-refractivity contribution in [3.05, 3.63) is 30.1 Å². The Bertz CT molecular complexity index is 369. The molecule has 0 bridgehead atoms. The van der Waals surface area contributed by atoms with E-state index in [4.69, 9.17) is 0 Å². The maximum atomic E-state index is 10.9. The average Bonchev–Trinajstić information content (AvgIpc) is 2.40. The number of rotatable bonds is 5. The summed E-state index contributed by atoms with van der Waals surface area (Å²) in [6, 6.07) is 6.27. The molecule has 0 spiro atoms. The van der Waals surface area contributed by atoms with Gasteiger partial charge in [-0.15, -0.1) is 0 Å². The van der Waals surface area contributed by atoms with E-state index in [0.29, 0.717) is 6.04 Å². The Hall–Kier alpha value is -1.42. The quantitative estimate of drug-likeness (QED) is 0.788. The van der Waals surface area contributed by atoms with Crippen LogP contribution in [0.5, 0.6) is 0 Å². The minimum absolute atomic E-state index is 0.310. The van der Waals surface area contributed by atoms with Crippen molar-refractivity contribution in [2.45, 2.75) is 31.8 Å². The Labute approximate surface area is 109 Å². The zero-order valence-electron chi connectivity index (χ0n) is 10.9. The molecule has 1 aliphatic rings. The van der Waals surface area contributed by atoms with Crippen LogP contribution in [0, 0.1) is 0 Å². The number of pyridine rings is 1. The summed E-state index contributed by atoms with van der Waals surface area (Å²) in [4.78, 5) is 19.2. The first-order chi connectivity index (χ1) is 8.79. The molecule has 0 aromatic carbocycles. The van der Waals surface area contributed by atoms with Gasteiger partial charge < -0.3 is 4.90 Å². The predicted octanol–water partition coefficient (Wildman–Crippen LogP) is 1.44. The molecule has 0 saturated carbocycles. The van der Waals surface area contributed by atoms with Crippen molar-refractivity contribution >= 4 is 6.41 Å². The second-order valence-corrected chi connectivity index (χ2v) is 4.95. The molecule has 1 radical (unpaired) electrons. The van der Waals surface area contributed by atoms with Gasteiger partial charge in [-0.2, -0.15) is 0 Å². The normalized spacial score (nSPS) is 20.1. The van der Waals surface area contributed by atoms with Crippen LogP contribution in [-0.4, -0.2) is 47.4 Å². The van der Waals surface area contributed by atoms with Crippen LogP contribution in [-0.2, 0) is 11.3 Å². The number of amides is 1. The third-order valence-electron chi connectivity index (χ3n) is 3.42. The molecular weight excluding hydrogens is 226 g/mol. The molecule has 4 nitrogen and oxygen atoms in total. The van der Waals surface area contributed by atoms with E-state index in [1.54, 1.807) is 0 Å². The summed E-state index contributed by atoms with van der Waals surface area (Å²) in [5.41, 5.74) is 1.07. The fourth-order valence-corrected chi connectivity index (χ4v) is 2.50. The van der Waals surface area contributed by atoms with Crippen molar-refractivity contribution in [2.75, 3.05) is 20.1 Å². The second-order valence-electron chi connectivity index (χ2n) is 4.95. The molecule has 1 aliphatic heterocycles. The molecule has 0 aliphatic carbocycles. The summed E-state index contributed by atoms with van der Waals surface area (Å²) in [7, 11) is 2.08. The lowest BCUT2D eigenvalue weighted by atomic mass is 10.0. The number of likely N-dealkylation sites (tertiary alicyclic amines) is 1. The summed E-state index contributed by atoms with van der Waals surface area (Å²) in [6.07, 6.45) is 7.28. The van der Waals surface area contributed by atoms with E-state index < -0.39 is 0 Å². The second kappa shape index (κ2) is 6.50. The van der Waals surface area contributed by atoms with E-state index in [9.17, 15) is 4.79 Å². The molecule has 1 fully saturated rings. The van der Waals surface area contributed by atoms with Crippen LogP contribution in [0.15, 0.2) is 24.4 Å². The molecule has 97 valence electrons. The van der Waals surface area contributed by atoms with Gasteiger partial charge in [0, 0.05) is 31.9 Å². The van der Waals surface area contributed by atoms with Gasteiger partial charge >= 0.3 is 6.41 Å². The largest absolute Gasteiger partial charge is 0.330 e. The van der Waals surface area contributed by atoms with Crippen molar-refractivity contribution in [3.8, 4) is 0 Å². The average molecular weight is 246 g/mol. The molecular formula is C14H20N3O. The number of carbonyl (C=O) groups excluding carboxylic acids is 1. The topological polar surface area (TPSA) is 36.4 Å². The van der Waals surface area contributed by atoms with Gasteiger partial charge in [0.1, 0.15) is 0 Å². The molecule has 1 aromatic rings. The summed E-state index contributed by atoms with van der Waals surface area (Å²) >= 11 is 0. The third-order valence-corrected chi connectivity index (χ3v) is 3.42. The first-order valence-electron chi connectivity index (χ1n) is 6.52. The SMILES string of the molecule is CN(Cc1ccccn1)CC1CCCCN1[C]=O. The number of piperidine rings is 1. The van der Waals surface area contributed by atoms with Gasteiger partial charge in [0.2, 0.25) is 0 Å². The zero-order valence-corrected chi connectivity index (χ0v) is 10.9. The Kier molecular flexibility index (Phi) is 4.70. The van der Waals surface area contributed by atoms with Gasteiger partial charge in [-0.3, -0.25) is 14.7 Å². The number of likely N-dealkylation sites (N-methyl/N-ethyl adjacent to an activating group) is 1. The van der Waals surface area contributed by atoms with Crippen LogP contribution in [0.4, 0.5) is 0 Å². The van der Waals surface area contributed by atoms with Crippen LogP contribution in [0.2, 0.25) is 0 Å². The Balaban J connectivity index is 1.86. The molecule has 18 heavy (non-hydrogen) atoms. The molecule has 1 aromatic heterocycles. The van der Waals surface area contributed by atoms with E-state index in [2.05, 4.69) is 23.3 Å². The monoisotopic (exact) mass is 246 g/mol. The fraction of sp³-hybridized carbons (Fsp3) is 0.571. The van der Waals surface area contributed by atoms with E-state index in [-0.39, 0.29) is 0 Å². The van der Waals surface area contributed by atoms with Crippen LogP contribution in [0.3, 0.4) is 0 Å². The molecule has 0 N–H and O–H groups in total. The molecule has 1 saturated heterocycles. The number of hydrogen-bond donors (Lipinski definition) is 0. The van der Waals surface area contributed by atoms with Crippen molar-refractivity contribution < 1.29 is 4.79 Å². The maximum absolute atomic E-state index is 10.9. The van der Waals surface area contributed by atoms with Gasteiger partial charge in [0.05, 0.1) is 5.69 Å². The minimum Gasteiger partial charge on any atom is -0.330 e. The van der Waals surface area contributed by atoms with E-state index >= 15 is 0 Å². The smallest absolute Gasteiger partial charge is 0.312 e. The van der Waals surface area contributed by atoms with Crippen molar-refractivity contribution in [2.24, 2.45) is 0 Å². The van der Waals surface area contributed by atoms with Gasteiger partial charge in [-0.25, -0.2) is 0 Å². The highest BCUT2D eigenvalue weighted by atomic mass is 16.1. The summed E-state index contributed by atoms with van der Waals surface area (Å²) < 4.78 is 0. The van der Waals surface area contributed by atoms with Crippen LogP contribution in [0.1, 0.15) is 25.0 Å². The predicted molar refractivity (Wildman–Crippen MR) is 70.6 cm³/mol. The van der Waals surface area contributed by atoms with Gasteiger partial charge in [0.15, 0.2) is 0 Å². The fourth-order valence-electron chi connectivity index (χ4n) is 2.50. The minimum atomic E-state index is 0.310. The van der Waals surface area contributed by atoms with E-state index in [0.717, 1.165) is 38.2 Å². The summed E-state index contributed by atoms with van der Waals surface area (Å²) in [5.74, 6) is 0. The van der Waals surface area contributed by atoms with E-state index in [1.807, 2.05) is 29.3 Å². The first kappa shape index (κ1) is 13.0. The van der Waals surface area contributed by atoms with E-state index in [1.165, 1.54) is 6.42 Å². The Morgan fingerprint density at radius 3 is 3.11 bits per heavy atom. The Morgan fingerprint density at radius 1 is 1.50 bits per heavy atom. The van der Waals surface area contributed by atoms with Gasteiger partial charge in [0.25, 0.3) is 0 Å². The lowest BCUT2D eigenvalue weighted by Gasteiger charge is -2.34. The highest BCUT2D eigenvalue weighted by Crippen LogP contribution is 2.16. The highest BCUT2D eigenvalue weighted by Gasteiger charge is 2.22. The number of hydrogen-bond acceptors (Lipinski definition) is 3. The lowest BCUT2D eigenvalue weighted by Crippen LogP contribution is -2.44. The van der Waals surface area contributed by atoms with Crippen LogP contribution in [0.25, 0.3) is 0 Å². The van der Waals surface area contributed by atoms with Crippen molar-refractivity contribution in [1.82, 2.24) is 14.8 Å². The van der Waals surface area contributed by atoms with Gasteiger partial charge in [-0.1, -0.05) is 6.07 Å². The van der Waals surface area contributed by atoms with Crippen LogP contribution >= 0.6 is 0 Å². The highest BCUT2D eigenvalue weighted by molar-refractivity contribution is 5.49. The van der Waals surface area contributed by atoms with Crippen molar-refractivity contribution in [3.63, 3.8) is 0 Å². The summed E-state index contributed by atoms with van der Waals surface area (Å²) in [5, 5.41) is 0. The Morgan fingerprint density at radius 2 is 2.39 bits per heavy atom. The number of nitrogens with zero attached hydrogens (tertiary/aromatic N) is 3. The lowest BCUT2D eigenvalue weighted by molar-refractivity contribution is 0.170. The maximum Gasteiger partial charge on any atom is 0.312 e. The van der Waals surface area contributed by atoms with Gasteiger partial charge in [-0.05, 0) is 38.4 Å². The standard InChI is InChI=1S/C14H20N3O/c1-16(10-13-6-2-4-8-15-13)11-14-7-3-5-9-17(14)12-18/h2,4,6,8,14H,3,5,7,9-11H2,1H3. The zero-order chi connectivity index (χ0) is 12.8. The molecule has 1 unspecified atom stereocenters.